The number of hydrogen-bond acceptors (Lipinski definition) is 2. The van der Waals surface area contributed by atoms with Crippen LogP contribution >= 0.6 is 0 Å². The zero-order chi connectivity index (χ0) is 14.4. The van der Waals surface area contributed by atoms with Gasteiger partial charge < -0.3 is 9.64 Å². The first-order chi connectivity index (χ1) is 8.97. The van der Waals surface area contributed by atoms with Crippen molar-refractivity contribution in [1.82, 2.24) is 4.90 Å². The maximum atomic E-state index is 13.6. The maximum absolute atomic E-state index is 13.6. The van der Waals surface area contributed by atoms with E-state index in [9.17, 15) is 13.6 Å². The molecular formula is C14H19F2NO2. The number of amides is 1. The third-order valence-electron chi connectivity index (χ3n) is 2.61. The summed E-state index contributed by atoms with van der Waals surface area (Å²) in [7, 11) is 1.52. The average Bonchev–Trinajstić information content (AvgIpc) is 2.33. The summed E-state index contributed by atoms with van der Waals surface area (Å²) in [6, 6.07) is 3.41. The molecule has 0 radical (unpaired) electrons. The fourth-order valence-electron chi connectivity index (χ4n) is 1.78. The minimum absolute atomic E-state index is 0.204. The number of nitrogens with zero attached hydrogens (tertiary/aromatic N) is 1. The molecule has 0 atom stereocenters. The van der Waals surface area contributed by atoms with Gasteiger partial charge in [0.05, 0.1) is 6.61 Å². The van der Waals surface area contributed by atoms with Crippen LogP contribution in [0, 0.1) is 17.6 Å². The van der Waals surface area contributed by atoms with E-state index >= 15 is 0 Å². The first kappa shape index (κ1) is 15.6. The molecule has 1 aromatic carbocycles. The van der Waals surface area contributed by atoms with Crippen molar-refractivity contribution in [2.45, 2.75) is 13.8 Å². The number of methoxy groups -OCH3 is 1. The molecule has 0 aliphatic heterocycles. The Labute approximate surface area is 112 Å². The Morgan fingerprint density at radius 3 is 2.37 bits per heavy atom. The molecule has 0 heterocycles. The van der Waals surface area contributed by atoms with Gasteiger partial charge in [0.2, 0.25) is 0 Å². The van der Waals surface area contributed by atoms with Crippen molar-refractivity contribution < 1.29 is 18.3 Å². The molecule has 0 aliphatic carbocycles. The van der Waals surface area contributed by atoms with Crippen LogP contribution in [0.3, 0.4) is 0 Å². The molecule has 1 aromatic rings. The Morgan fingerprint density at radius 1 is 1.32 bits per heavy atom. The lowest BCUT2D eigenvalue weighted by Gasteiger charge is -2.24. The average molecular weight is 271 g/mol. The Hall–Kier alpha value is -1.49. The zero-order valence-electron chi connectivity index (χ0n) is 11.5. The molecule has 0 bridgehead atoms. The lowest BCUT2D eigenvalue weighted by Crippen LogP contribution is -2.37. The molecule has 1 rings (SSSR count). The van der Waals surface area contributed by atoms with Gasteiger partial charge in [0.15, 0.2) is 0 Å². The van der Waals surface area contributed by atoms with Crippen molar-refractivity contribution in [1.29, 1.82) is 0 Å². The fourth-order valence-corrected chi connectivity index (χ4v) is 1.78. The van der Waals surface area contributed by atoms with Crippen LogP contribution in [0.1, 0.15) is 24.2 Å². The molecule has 0 fully saturated rings. The number of halogens is 2. The van der Waals surface area contributed by atoms with Crippen molar-refractivity contribution in [2.75, 3.05) is 26.8 Å². The number of carbonyl (C=O) groups excluding carboxylic acids is 1. The van der Waals surface area contributed by atoms with Crippen molar-refractivity contribution >= 4 is 5.91 Å². The van der Waals surface area contributed by atoms with Gasteiger partial charge in [-0.3, -0.25) is 4.79 Å². The Balaban J connectivity index is 2.97. The lowest BCUT2D eigenvalue weighted by molar-refractivity contribution is 0.0662. The number of ether oxygens (including phenoxy) is 1. The maximum Gasteiger partial charge on any atom is 0.259 e. The zero-order valence-corrected chi connectivity index (χ0v) is 11.5. The second-order valence-corrected chi connectivity index (χ2v) is 4.73. The highest BCUT2D eigenvalue weighted by Gasteiger charge is 2.23. The molecular weight excluding hydrogens is 252 g/mol. The predicted molar refractivity (Wildman–Crippen MR) is 69.0 cm³/mol. The SMILES string of the molecule is COCCN(CC(C)C)C(=O)c1c(F)cccc1F. The normalized spacial score (nSPS) is 10.8. The van der Waals surface area contributed by atoms with Crippen LogP contribution in [0.4, 0.5) is 8.78 Å². The number of hydrogen-bond donors (Lipinski definition) is 0. The Bertz CT molecular complexity index is 415. The third-order valence-corrected chi connectivity index (χ3v) is 2.61. The summed E-state index contributed by atoms with van der Waals surface area (Å²) in [6.45, 7) is 4.93. The van der Waals surface area contributed by atoms with E-state index in [-0.39, 0.29) is 5.92 Å². The number of carbonyl (C=O) groups is 1. The third kappa shape index (κ3) is 4.28. The van der Waals surface area contributed by atoms with Crippen LogP contribution in [0.25, 0.3) is 0 Å². The van der Waals surface area contributed by atoms with Crippen LogP contribution in [0.15, 0.2) is 18.2 Å². The quantitative estimate of drug-likeness (QED) is 0.796. The van der Waals surface area contributed by atoms with E-state index in [1.165, 1.54) is 18.1 Å². The fraction of sp³-hybridized carbons (Fsp3) is 0.500. The van der Waals surface area contributed by atoms with Crippen molar-refractivity contribution in [3.05, 3.63) is 35.4 Å². The highest BCUT2D eigenvalue weighted by Crippen LogP contribution is 2.15. The molecule has 0 spiro atoms. The molecule has 19 heavy (non-hydrogen) atoms. The van der Waals surface area contributed by atoms with E-state index in [1.54, 1.807) is 0 Å². The smallest absolute Gasteiger partial charge is 0.259 e. The first-order valence-electron chi connectivity index (χ1n) is 6.19. The van der Waals surface area contributed by atoms with E-state index in [1.807, 2.05) is 13.8 Å². The van der Waals surface area contributed by atoms with Gasteiger partial charge in [0, 0.05) is 20.2 Å². The summed E-state index contributed by atoms with van der Waals surface area (Å²) in [5.41, 5.74) is -0.501. The molecule has 0 unspecified atom stereocenters. The molecule has 0 N–H and O–H groups in total. The van der Waals surface area contributed by atoms with E-state index in [2.05, 4.69) is 0 Å². The van der Waals surface area contributed by atoms with Gasteiger partial charge in [-0.15, -0.1) is 0 Å². The van der Waals surface area contributed by atoms with Crippen molar-refractivity contribution in [3.8, 4) is 0 Å². The van der Waals surface area contributed by atoms with Crippen molar-refractivity contribution in [2.24, 2.45) is 5.92 Å². The number of benzene rings is 1. The topological polar surface area (TPSA) is 29.5 Å². The molecule has 0 aliphatic rings. The molecule has 3 nitrogen and oxygen atoms in total. The second-order valence-electron chi connectivity index (χ2n) is 4.73. The largest absolute Gasteiger partial charge is 0.383 e. The molecule has 1 amide bonds. The van der Waals surface area contributed by atoms with Crippen LogP contribution in [0.5, 0.6) is 0 Å². The van der Waals surface area contributed by atoms with Gasteiger partial charge >= 0.3 is 0 Å². The van der Waals surface area contributed by atoms with Gasteiger partial charge in [0.1, 0.15) is 17.2 Å². The molecule has 0 saturated carbocycles. The summed E-state index contributed by atoms with van der Waals surface area (Å²) in [5, 5.41) is 0. The van der Waals surface area contributed by atoms with E-state index in [0.29, 0.717) is 19.7 Å². The number of rotatable bonds is 6. The van der Waals surface area contributed by atoms with E-state index in [4.69, 9.17) is 4.74 Å². The predicted octanol–water partition coefficient (Wildman–Crippen LogP) is 2.71. The molecule has 106 valence electrons. The highest BCUT2D eigenvalue weighted by molar-refractivity contribution is 5.94. The Kier molecular flexibility index (Phi) is 5.89. The van der Waals surface area contributed by atoms with E-state index < -0.39 is 23.1 Å². The molecule has 5 heteroatoms. The van der Waals surface area contributed by atoms with E-state index in [0.717, 1.165) is 12.1 Å². The first-order valence-corrected chi connectivity index (χ1v) is 6.19. The monoisotopic (exact) mass is 271 g/mol. The van der Waals surface area contributed by atoms with Crippen LogP contribution in [-0.4, -0.2) is 37.6 Å². The van der Waals surface area contributed by atoms with Gasteiger partial charge in [-0.05, 0) is 18.1 Å². The van der Waals surface area contributed by atoms with Crippen LogP contribution < -0.4 is 0 Å². The summed E-state index contributed by atoms with van der Waals surface area (Å²) in [4.78, 5) is 13.6. The van der Waals surface area contributed by atoms with Crippen molar-refractivity contribution in [3.63, 3.8) is 0 Å². The lowest BCUT2D eigenvalue weighted by atomic mass is 10.1. The van der Waals surface area contributed by atoms with Gasteiger partial charge in [0.25, 0.3) is 5.91 Å². The minimum atomic E-state index is -0.837. The van der Waals surface area contributed by atoms with Crippen LogP contribution in [-0.2, 0) is 4.74 Å². The minimum Gasteiger partial charge on any atom is -0.383 e. The summed E-state index contributed by atoms with van der Waals surface area (Å²) in [5.74, 6) is -2.11. The van der Waals surface area contributed by atoms with Gasteiger partial charge in [-0.25, -0.2) is 8.78 Å². The standard InChI is InChI=1S/C14H19F2NO2/c1-10(2)9-17(7-8-19-3)14(18)13-11(15)5-4-6-12(13)16/h4-6,10H,7-9H2,1-3H3. The van der Waals surface area contributed by atoms with Gasteiger partial charge in [-0.1, -0.05) is 19.9 Å². The second kappa shape index (κ2) is 7.19. The molecule has 0 saturated heterocycles. The summed E-state index contributed by atoms with van der Waals surface area (Å²) >= 11 is 0. The highest BCUT2D eigenvalue weighted by atomic mass is 19.1. The Morgan fingerprint density at radius 2 is 1.89 bits per heavy atom. The van der Waals surface area contributed by atoms with Crippen LogP contribution in [0.2, 0.25) is 0 Å². The summed E-state index contributed by atoms with van der Waals surface area (Å²) < 4.78 is 32.1. The molecule has 0 aromatic heterocycles. The van der Waals surface area contributed by atoms with Gasteiger partial charge in [-0.2, -0.15) is 0 Å². The summed E-state index contributed by atoms with van der Waals surface area (Å²) in [6.07, 6.45) is 0.